The van der Waals surface area contributed by atoms with Crippen molar-refractivity contribution in [2.45, 2.75) is 13.3 Å². The number of anilines is 2. The van der Waals surface area contributed by atoms with Gasteiger partial charge in [0.05, 0.1) is 5.56 Å². The number of carbonyl (C=O) groups is 2. The molecule has 0 spiro atoms. The van der Waals surface area contributed by atoms with Gasteiger partial charge in [-0.25, -0.2) is 0 Å². The van der Waals surface area contributed by atoms with Crippen molar-refractivity contribution in [3.8, 4) is 5.75 Å². The van der Waals surface area contributed by atoms with Gasteiger partial charge in [-0.05, 0) is 48.4 Å². The molecule has 3 aromatic carbocycles. The zero-order chi connectivity index (χ0) is 19.8. The predicted octanol–water partition coefficient (Wildman–Crippen LogP) is 4.52. The summed E-state index contributed by atoms with van der Waals surface area (Å²) < 4.78 is 5.60. The van der Waals surface area contributed by atoms with E-state index in [1.54, 1.807) is 36.4 Å². The molecule has 0 saturated carbocycles. The van der Waals surface area contributed by atoms with Gasteiger partial charge in [0.1, 0.15) is 5.75 Å². The number of ether oxygens (including phenoxy) is 1. The van der Waals surface area contributed by atoms with E-state index in [9.17, 15) is 9.59 Å². The van der Waals surface area contributed by atoms with Gasteiger partial charge in [0, 0.05) is 11.4 Å². The summed E-state index contributed by atoms with van der Waals surface area (Å²) >= 11 is 0. The molecule has 0 fully saturated rings. The molecular formula is C23H22N2O3. The summed E-state index contributed by atoms with van der Waals surface area (Å²) in [4.78, 5) is 24.7. The Bertz CT molecular complexity index is 938. The number of aryl methyl sites for hydroxylation is 1. The number of carbonyl (C=O) groups excluding carboxylic acids is 2. The van der Waals surface area contributed by atoms with Crippen molar-refractivity contribution in [2.75, 3.05) is 17.2 Å². The van der Waals surface area contributed by atoms with Crippen LogP contribution in [0.4, 0.5) is 11.4 Å². The van der Waals surface area contributed by atoms with Crippen LogP contribution >= 0.6 is 0 Å². The van der Waals surface area contributed by atoms with E-state index in [-0.39, 0.29) is 18.4 Å². The average molecular weight is 374 g/mol. The van der Waals surface area contributed by atoms with Crippen LogP contribution in [0.1, 0.15) is 22.8 Å². The predicted molar refractivity (Wildman–Crippen MR) is 111 cm³/mol. The highest BCUT2D eigenvalue weighted by Gasteiger charge is 2.13. The summed E-state index contributed by atoms with van der Waals surface area (Å²) in [6.45, 7) is 1.89. The second-order valence-corrected chi connectivity index (χ2v) is 6.20. The van der Waals surface area contributed by atoms with E-state index >= 15 is 0 Å². The third-order valence-electron chi connectivity index (χ3n) is 4.17. The number of para-hydroxylation sites is 2. The Hall–Kier alpha value is -3.60. The van der Waals surface area contributed by atoms with Gasteiger partial charge in [-0.1, -0.05) is 49.4 Å². The van der Waals surface area contributed by atoms with E-state index in [4.69, 9.17) is 4.74 Å². The van der Waals surface area contributed by atoms with E-state index in [2.05, 4.69) is 17.6 Å². The molecule has 0 aliphatic heterocycles. The van der Waals surface area contributed by atoms with Gasteiger partial charge in [0.25, 0.3) is 11.8 Å². The SMILES string of the molecule is CCc1ccc(NC(=O)COc2ccccc2C(=O)Nc2ccccc2)cc1. The highest BCUT2D eigenvalue weighted by molar-refractivity contribution is 6.06. The maximum atomic E-state index is 12.5. The standard InChI is InChI=1S/C23H22N2O3/c1-2-17-12-14-19(15-13-17)24-22(26)16-28-21-11-7-6-10-20(21)23(27)25-18-8-4-3-5-9-18/h3-15H,2,16H2,1H3,(H,24,26)(H,25,27). The second kappa shape index (κ2) is 9.37. The first-order chi connectivity index (χ1) is 13.7. The third-order valence-corrected chi connectivity index (χ3v) is 4.17. The molecule has 0 aliphatic carbocycles. The molecule has 0 saturated heterocycles. The van der Waals surface area contributed by atoms with E-state index in [1.807, 2.05) is 42.5 Å². The van der Waals surface area contributed by atoms with Crippen LogP contribution in [0.2, 0.25) is 0 Å². The summed E-state index contributed by atoms with van der Waals surface area (Å²) in [6.07, 6.45) is 0.944. The zero-order valence-electron chi connectivity index (χ0n) is 15.6. The molecule has 0 bridgehead atoms. The fourth-order valence-corrected chi connectivity index (χ4v) is 2.66. The number of rotatable bonds is 7. The molecule has 0 aromatic heterocycles. The monoisotopic (exact) mass is 374 g/mol. The highest BCUT2D eigenvalue weighted by atomic mass is 16.5. The maximum Gasteiger partial charge on any atom is 0.262 e. The number of benzene rings is 3. The van der Waals surface area contributed by atoms with E-state index in [1.165, 1.54) is 5.56 Å². The molecule has 0 unspecified atom stereocenters. The number of nitrogens with one attached hydrogen (secondary N) is 2. The molecular weight excluding hydrogens is 352 g/mol. The van der Waals surface area contributed by atoms with Crippen molar-refractivity contribution in [2.24, 2.45) is 0 Å². The summed E-state index contributed by atoms with van der Waals surface area (Å²) in [5, 5.41) is 5.60. The average Bonchev–Trinajstić information content (AvgIpc) is 2.74. The van der Waals surface area contributed by atoms with Crippen molar-refractivity contribution < 1.29 is 14.3 Å². The fourth-order valence-electron chi connectivity index (χ4n) is 2.66. The van der Waals surface area contributed by atoms with Crippen molar-refractivity contribution in [1.82, 2.24) is 0 Å². The largest absolute Gasteiger partial charge is 0.483 e. The van der Waals surface area contributed by atoms with Gasteiger partial charge in [-0.3, -0.25) is 9.59 Å². The summed E-state index contributed by atoms with van der Waals surface area (Å²) in [5.74, 6) is -0.229. The lowest BCUT2D eigenvalue weighted by Crippen LogP contribution is -2.21. The van der Waals surface area contributed by atoms with Gasteiger partial charge in [0.2, 0.25) is 0 Å². The minimum atomic E-state index is -0.294. The van der Waals surface area contributed by atoms with Crippen LogP contribution in [0.5, 0.6) is 5.75 Å². The van der Waals surface area contributed by atoms with Crippen LogP contribution in [-0.2, 0) is 11.2 Å². The van der Waals surface area contributed by atoms with Gasteiger partial charge < -0.3 is 15.4 Å². The Morgan fingerprint density at radius 3 is 2.14 bits per heavy atom. The molecule has 28 heavy (non-hydrogen) atoms. The molecule has 5 heteroatoms. The Labute approximate surface area is 164 Å². The molecule has 0 heterocycles. The Kier molecular flexibility index (Phi) is 6.41. The van der Waals surface area contributed by atoms with Crippen LogP contribution in [0.25, 0.3) is 0 Å². The van der Waals surface area contributed by atoms with Crippen molar-refractivity contribution in [3.63, 3.8) is 0 Å². The minimum absolute atomic E-state index is 0.189. The van der Waals surface area contributed by atoms with E-state index in [0.717, 1.165) is 6.42 Å². The Morgan fingerprint density at radius 2 is 1.43 bits per heavy atom. The molecule has 2 amide bonds. The van der Waals surface area contributed by atoms with Crippen LogP contribution in [0.3, 0.4) is 0 Å². The molecule has 0 radical (unpaired) electrons. The third kappa shape index (κ3) is 5.20. The molecule has 0 aliphatic rings. The number of amides is 2. The van der Waals surface area contributed by atoms with E-state index in [0.29, 0.717) is 22.7 Å². The summed E-state index contributed by atoms with van der Waals surface area (Å²) in [5.41, 5.74) is 2.97. The molecule has 3 rings (SSSR count). The first kappa shape index (κ1) is 19.2. The van der Waals surface area contributed by atoms with Gasteiger partial charge >= 0.3 is 0 Å². The minimum Gasteiger partial charge on any atom is -0.483 e. The normalized spacial score (nSPS) is 10.2. The Balaban J connectivity index is 1.61. The molecule has 142 valence electrons. The second-order valence-electron chi connectivity index (χ2n) is 6.20. The zero-order valence-corrected chi connectivity index (χ0v) is 15.6. The molecule has 0 atom stereocenters. The molecule has 2 N–H and O–H groups in total. The Morgan fingerprint density at radius 1 is 0.786 bits per heavy atom. The lowest BCUT2D eigenvalue weighted by Gasteiger charge is -2.12. The summed E-state index contributed by atoms with van der Waals surface area (Å²) in [6, 6.07) is 23.7. The first-order valence-electron chi connectivity index (χ1n) is 9.12. The van der Waals surface area contributed by atoms with Crippen LogP contribution < -0.4 is 15.4 Å². The summed E-state index contributed by atoms with van der Waals surface area (Å²) in [7, 11) is 0. The van der Waals surface area contributed by atoms with Crippen LogP contribution in [-0.4, -0.2) is 18.4 Å². The quantitative estimate of drug-likeness (QED) is 0.639. The molecule has 3 aromatic rings. The van der Waals surface area contributed by atoms with Crippen molar-refractivity contribution in [1.29, 1.82) is 0 Å². The highest BCUT2D eigenvalue weighted by Crippen LogP contribution is 2.20. The van der Waals surface area contributed by atoms with Gasteiger partial charge in [0.15, 0.2) is 6.61 Å². The van der Waals surface area contributed by atoms with Crippen LogP contribution in [0, 0.1) is 0 Å². The van der Waals surface area contributed by atoms with Crippen molar-refractivity contribution in [3.05, 3.63) is 90.0 Å². The maximum absolute atomic E-state index is 12.5. The van der Waals surface area contributed by atoms with Gasteiger partial charge in [-0.15, -0.1) is 0 Å². The van der Waals surface area contributed by atoms with Crippen molar-refractivity contribution >= 4 is 23.2 Å². The topological polar surface area (TPSA) is 67.4 Å². The first-order valence-corrected chi connectivity index (χ1v) is 9.12. The fraction of sp³-hybridized carbons (Fsp3) is 0.130. The lowest BCUT2D eigenvalue weighted by molar-refractivity contribution is -0.118. The number of hydrogen-bond donors (Lipinski definition) is 2. The molecule has 5 nitrogen and oxygen atoms in total. The van der Waals surface area contributed by atoms with Gasteiger partial charge in [-0.2, -0.15) is 0 Å². The van der Waals surface area contributed by atoms with E-state index < -0.39 is 0 Å². The number of hydrogen-bond acceptors (Lipinski definition) is 3. The van der Waals surface area contributed by atoms with Crippen LogP contribution in [0.15, 0.2) is 78.9 Å². The lowest BCUT2D eigenvalue weighted by atomic mass is 10.1. The smallest absolute Gasteiger partial charge is 0.262 e.